The molecule has 1 heterocycles. The fourth-order valence-electron chi connectivity index (χ4n) is 1.81. The van der Waals surface area contributed by atoms with Crippen molar-refractivity contribution in [1.82, 2.24) is 0 Å². The molecule has 2 unspecified atom stereocenters. The van der Waals surface area contributed by atoms with Gasteiger partial charge in [0.2, 0.25) is 0 Å². The Morgan fingerprint density at radius 3 is 2.92 bits per heavy atom. The summed E-state index contributed by atoms with van der Waals surface area (Å²) in [5, 5.41) is 8.86. The summed E-state index contributed by atoms with van der Waals surface area (Å²) >= 11 is 0. The van der Waals surface area contributed by atoms with Crippen molar-refractivity contribution in [2.24, 2.45) is 5.92 Å². The normalized spacial score (nSPS) is 27.8. The minimum absolute atomic E-state index is 0.0240. The summed E-state index contributed by atoms with van der Waals surface area (Å²) in [4.78, 5) is 10.8. The molecule has 1 saturated heterocycles. The van der Waals surface area contributed by atoms with Gasteiger partial charge in [0, 0.05) is 6.61 Å². The smallest absolute Gasteiger partial charge is 0.309 e. The van der Waals surface area contributed by atoms with Crippen molar-refractivity contribution in [3.63, 3.8) is 0 Å². The van der Waals surface area contributed by atoms with Crippen LogP contribution in [0.2, 0.25) is 0 Å². The van der Waals surface area contributed by atoms with Crippen molar-refractivity contribution in [2.75, 3.05) is 6.61 Å². The first-order chi connectivity index (χ1) is 6.25. The molecule has 0 radical (unpaired) electrons. The summed E-state index contributed by atoms with van der Waals surface area (Å²) in [6.45, 7) is 2.76. The standard InChI is InChI=1S/C10H18O3/c1-2-3-4-5-9-8(10(11)12)6-7-13-9/h8-9H,2-7H2,1H3,(H,11,12). The molecule has 3 nitrogen and oxygen atoms in total. The summed E-state index contributed by atoms with van der Waals surface area (Å²) in [5.41, 5.74) is 0. The predicted molar refractivity (Wildman–Crippen MR) is 49.6 cm³/mol. The van der Waals surface area contributed by atoms with Gasteiger partial charge in [0.1, 0.15) is 0 Å². The Labute approximate surface area is 79.1 Å². The lowest BCUT2D eigenvalue weighted by atomic mass is 9.97. The molecule has 0 saturated carbocycles. The third kappa shape index (κ3) is 2.99. The molecule has 0 aromatic rings. The Kier molecular flexibility index (Phi) is 4.22. The van der Waals surface area contributed by atoms with Crippen LogP contribution in [0.3, 0.4) is 0 Å². The molecule has 0 aromatic carbocycles. The van der Waals surface area contributed by atoms with Crippen LogP contribution in [-0.2, 0) is 9.53 Å². The predicted octanol–water partition coefficient (Wildman–Crippen LogP) is 2.06. The number of hydrogen-bond acceptors (Lipinski definition) is 2. The van der Waals surface area contributed by atoms with Crippen molar-refractivity contribution in [3.05, 3.63) is 0 Å². The van der Waals surface area contributed by atoms with E-state index < -0.39 is 5.97 Å². The number of rotatable bonds is 5. The highest BCUT2D eigenvalue weighted by atomic mass is 16.5. The van der Waals surface area contributed by atoms with E-state index in [1.54, 1.807) is 0 Å². The Morgan fingerprint density at radius 2 is 2.31 bits per heavy atom. The monoisotopic (exact) mass is 186 g/mol. The van der Waals surface area contributed by atoms with E-state index in [1.807, 2.05) is 0 Å². The highest BCUT2D eigenvalue weighted by Gasteiger charge is 2.33. The zero-order chi connectivity index (χ0) is 9.68. The first-order valence-corrected chi connectivity index (χ1v) is 5.10. The molecule has 0 spiro atoms. The molecule has 0 bridgehead atoms. The zero-order valence-electron chi connectivity index (χ0n) is 8.16. The molecule has 1 aliphatic rings. The maximum Gasteiger partial charge on any atom is 0.309 e. The van der Waals surface area contributed by atoms with Crippen LogP contribution < -0.4 is 0 Å². The van der Waals surface area contributed by atoms with E-state index in [9.17, 15) is 4.79 Å². The van der Waals surface area contributed by atoms with Crippen molar-refractivity contribution >= 4 is 5.97 Å². The molecule has 0 amide bonds. The lowest BCUT2D eigenvalue weighted by molar-refractivity contribution is -0.143. The van der Waals surface area contributed by atoms with Gasteiger partial charge in [-0.15, -0.1) is 0 Å². The summed E-state index contributed by atoms with van der Waals surface area (Å²) in [6, 6.07) is 0. The van der Waals surface area contributed by atoms with Crippen molar-refractivity contribution in [3.8, 4) is 0 Å². The lowest BCUT2D eigenvalue weighted by Crippen LogP contribution is -2.23. The lowest BCUT2D eigenvalue weighted by Gasteiger charge is -2.13. The van der Waals surface area contributed by atoms with Crippen LogP contribution in [0.25, 0.3) is 0 Å². The number of aliphatic carboxylic acids is 1. The fourth-order valence-corrected chi connectivity index (χ4v) is 1.81. The SMILES string of the molecule is CCCCCC1OCCC1C(=O)O. The molecule has 1 aliphatic heterocycles. The molecule has 1 N–H and O–H groups in total. The summed E-state index contributed by atoms with van der Waals surface area (Å²) in [6.07, 6.45) is 5.00. The summed E-state index contributed by atoms with van der Waals surface area (Å²) in [5.74, 6) is -0.948. The van der Waals surface area contributed by atoms with E-state index in [0.29, 0.717) is 13.0 Å². The van der Waals surface area contributed by atoms with E-state index >= 15 is 0 Å². The van der Waals surface area contributed by atoms with Crippen molar-refractivity contribution in [1.29, 1.82) is 0 Å². The van der Waals surface area contributed by atoms with Gasteiger partial charge in [-0.05, 0) is 12.8 Å². The van der Waals surface area contributed by atoms with Gasteiger partial charge in [0.05, 0.1) is 12.0 Å². The summed E-state index contributed by atoms with van der Waals surface area (Å²) < 4.78 is 5.39. The average molecular weight is 186 g/mol. The molecule has 1 rings (SSSR count). The number of carboxylic acid groups (broad SMARTS) is 1. The minimum atomic E-state index is -0.695. The largest absolute Gasteiger partial charge is 0.481 e. The third-order valence-corrected chi connectivity index (χ3v) is 2.62. The van der Waals surface area contributed by atoms with Gasteiger partial charge >= 0.3 is 5.97 Å². The molecule has 0 aliphatic carbocycles. The van der Waals surface area contributed by atoms with Crippen LogP contribution in [0.5, 0.6) is 0 Å². The number of hydrogen-bond donors (Lipinski definition) is 1. The molecule has 2 atom stereocenters. The van der Waals surface area contributed by atoms with E-state index in [-0.39, 0.29) is 12.0 Å². The van der Waals surface area contributed by atoms with Crippen LogP contribution in [0.15, 0.2) is 0 Å². The molecule has 76 valence electrons. The number of carboxylic acids is 1. The first kappa shape index (κ1) is 10.5. The van der Waals surface area contributed by atoms with Crippen molar-refractivity contribution < 1.29 is 14.6 Å². The highest BCUT2D eigenvalue weighted by Crippen LogP contribution is 2.25. The quantitative estimate of drug-likeness (QED) is 0.668. The molecular formula is C10H18O3. The van der Waals surface area contributed by atoms with Crippen LogP contribution in [0.4, 0.5) is 0 Å². The van der Waals surface area contributed by atoms with Crippen LogP contribution in [0.1, 0.15) is 39.0 Å². The van der Waals surface area contributed by atoms with Crippen LogP contribution >= 0.6 is 0 Å². The fraction of sp³-hybridized carbons (Fsp3) is 0.900. The van der Waals surface area contributed by atoms with E-state index in [0.717, 1.165) is 12.8 Å². The van der Waals surface area contributed by atoms with Gasteiger partial charge in [-0.1, -0.05) is 26.2 Å². The van der Waals surface area contributed by atoms with Gasteiger partial charge < -0.3 is 9.84 Å². The molecular weight excluding hydrogens is 168 g/mol. The molecule has 1 fully saturated rings. The maximum absolute atomic E-state index is 10.8. The third-order valence-electron chi connectivity index (χ3n) is 2.62. The number of ether oxygens (including phenoxy) is 1. The second-order valence-corrected chi connectivity index (χ2v) is 3.64. The Bertz CT molecular complexity index is 168. The second kappa shape index (κ2) is 5.22. The molecule has 0 aromatic heterocycles. The Balaban J connectivity index is 2.27. The van der Waals surface area contributed by atoms with Gasteiger partial charge in [0.25, 0.3) is 0 Å². The van der Waals surface area contributed by atoms with Gasteiger partial charge in [-0.2, -0.15) is 0 Å². The zero-order valence-corrected chi connectivity index (χ0v) is 8.16. The summed E-state index contributed by atoms with van der Waals surface area (Å²) in [7, 11) is 0. The maximum atomic E-state index is 10.8. The Morgan fingerprint density at radius 1 is 1.54 bits per heavy atom. The van der Waals surface area contributed by atoms with Crippen LogP contribution in [0, 0.1) is 5.92 Å². The van der Waals surface area contributed by atoms with Gasteiger partial charge in [0.15, 0.2) is 0 Å². The van der Waals surface area contributed by atoms with Gasteiger partial charge in [-0.25, -0.2) is 0 Å². The van der Waals surface area contributed by atoms with Gasteiger partial charge in [-0.3, -0.25) is 4.79 Å². The topological polar surface area (TPSA) is 46.5 Å². The first-order valence-electron chi connectivity index (χ1n) is 5.10. The second-order valence-electron chi connectivity index (χ2n) is 3.64. The van der Waals surface area contributed by atoms with E-state index in [4.69, 9.17) is 9.84 Å². The Hall–Kier alpha value is -0.570. The minimum Gasteiger partial charge on any atom is -0.481 e. The van der Waals surface area contributed by atoms with E-state index in [1.165, 1.54) is 12.8 Å². The number of unbranched alkanes of at least 4 members (excludes halogenated alkanes) is 2. The number of carbonyl (C=O) groups is 1. The molecule has 3 heteroatoms. The van der Waals surface area contributed by atoms with E-state index in [2.05, 4.69) is 6.92 Å². The van der Waals surface area contributed by atoms with Crippen LogP contribution in [-0.4, -0.2) is 23.8 Å². The average Bonchev–Trinajstić information content (AvgIpc) is 2.53. The molecule has 13 heavy (non-hydrogen) atoms. The highest BCUT2D eigenvalue weighted by molar-refractivity contribution is 5.71. The van der Waals surface area contributed by atoms with Crippen molar-refractivity contribution in [2.45, 2.75) is 45.1 Å².